The summed E-state index contributed by atoms with van der Waals surface area (Å²) in [4.78, 5) is 2.24. The quantitative estimate of drug-likeness (QED) is 0.900. The first-order chi connectivity index (χ1) is 9.65. The van der Waals surface area contributed by atoms with Crippen molar-refractivity contribution in [3.63, 3.8) is 0 Å². The van der Waals surface area contributed by atoms with E-state index in [-0.39, 0.29) is 5.82 Å². The lowest BCUT2D eigenvalue weighted by Crippen LogP contribution is -2.24. The number of nitrogens with two attached hydrogens (primary N) is 1. The fourth-order valence-corrected chi connectivity index (χ4v) is 2.43. The molecule has 2 N–H and O–H groups in total. The lowest BCUT2D eigenvalue weighted by Gasteiger charge is -2.26. The van der Waals surface area contributed by atoms with Crippen LogP contribution in [0.5, 0.6) is 0 Å². The molecule has 0 spiro atoms. The minimum atomic E-state index is -0.210. The maximum Gasteiger partial charge on any atom is 0.123 e. The summed E-state index contributed by atoms with van der Waals surface area (Å²) < 4.78 is 13.5. The molecule has 0 aliphatic carbocycles. The zero-order valence-electron chi connectivity index (χ0n) is 12.1. The van der Waals surface area contributed by atoms with Crippen LogP contribution in [0.15, 0.2) is 42.5 Å². The largest absolute Gasteiger partial charge is 0.367 e. The Bertz CT molecular complexity index is 581. The van der Waals surface area contributed by atoms with Crippen LogP contribution in [0.4, 0.5) is 10.1 Å². The number of nitrogens with zero attached hydrogens (tertiary/aromatic N) is 1. The molecule has 3 heteroatoms. The second-order valence-corrected chi connectivity index (χ2v) is 4.92. The van der Waals surface area contributed by atoms with E-state index in [1.165, 1.54) is 17.3 Å². The van der Waals surface area contributed by atoms with Crippen molar-refractivity contribution in [3.05, 3.63) is 65.0 Å². The highest BCUT2D eigenvalue weighted by Crippen LogP contribution is 2.23. The van der Waals surface area contributed by atoms with Crippen LogP contribution in [0.25, 0.3) is 0 Å². The van der Waals surface area contributed by atoms with Crippen molar-refractivity contribution < 1.29 is 4.39 Å². The molecule has 2 nitrogen and oxygen atoms in total. The maximum absolute atomic E-state index is 13.5. The molecule has 2 aromatic rings. The van der Waals surface area contributed by atoms with Crippen molar-refractivity contribution in [1.82, 2.24) is 0 Å². The average Bonchev–Trinajstić information content (AvgIpc) is 2.46. The summed E-state index contributed by atoms with van der Waals surface area (Å²) in [6, 6.07) is 13.1. The molecule has 2 aromatic carbocycles. The van der Waals surface area contributed by atoms with Crippen molar-refractivity contribution in [2.45, 2.75) is 26.9 Å². The van der Waals surface area contributed by atoms with Gasteiger partial charge >= 0.3 is 0 Å². The minimum Gasteiger partial charge on any atom is -0.367 e. The van der Waals surface area contributed by atoms with Crippen LogP contribution in [0, 0.1) is 12.7 Å². The van der Waals surface area contributed by atoms with Crippen LogP contribution in [-0.4, -0.2) is 6.54 Å². The number of halogens is 1. The number of anilines is 1. The zero-order chi connectivity index (χ0) is 14.5. The van der Waals surface area contributed by atoms with E-state index in [0.717, 1.165) is 17.7 Å². The van der Waals surface area contributed by atoms with Gasteiger partial charge in [-0.3, -0.25) is 0 Å². The summed E-state index contributed by atoms with van der Waals surface area (Å²) in [5.74, 6) is -0.210. The number of aryl methyl sites for hydroxylation is 1. The third kappa shape index (κ3) is 3.17. The highest BCUT2D eigenvalue weighted by atomic mass is 19.1. The van der Waals surface area contributed by atoms with Crippen LogP contribution in [0.3, 0.4) is 0 Å². The second-order valence-electron chi connectivity index (χ2n) is 4.92. The van der Waals surface area contributed by atoms with Gasteiger partial charge in [-0.15, -0.1) is 0 Å². The molecule has 106 valence electrons. The molecule has 20 heavy (non-hydrogen) atoms. The summed E-state index contributed by atoms with van der Waals surface area (Å²) in [6.45, 7) is 6.17. The standard InChI is InChI=1S/C17H21FN2/c1-3-20(17-7-5-4-6-13(17)2)12-15-10-16(18)9-8-14(15)11-19/h4-10H,3,11-12,19H2,1-2H3. The van der Waals surface area contributed by atoms with Gasteiger partial charge in [0.1, 0.15) is 5.82 Å². The number of hydrogen-bond acceptors (Lipinski definition) is 2. The zero-order valence-corrected chi connectivity index (χ0v) is 12.1. The van der Waals surface area contributed by atoms with Crippen LogP contribution in [0.2, 0.25) is 0 Å². The van der Waals surface area contributed by atoms with Gasteiger partial charge in [0.2, 0.25) is 0 Å². The fraction of sp³-hybridized carbons (Fsp3) is 0.294. The van der Waals surface area contributed by atoms with Crippen LogP contribution < -0.4 is 10.6 Å². The molecule has 0 aromatic heterocycles. The van der Waals surface area contributed by atoms with Crippen molar-refractivity contribution in [1.29, 1.82) is 0 Å². The fourth-order valence-electron chi connectivity index (χ4n) is 2.43. The molecule has 0 amide bonds. The monoisotopic (exact) mass is 272 g/mol. The first kappa shape index (κ1) is 14.5. The number of hydrogen-bond donors (Lipinski definition) is 1. The first-order valence-corrected chi connectivity index (χ1v) is 6.93. The summed E-state index contributed by atoms with van der Waals surface area (Å²) in [7, 11) is 0. The van der Waals surface area contributed by atoms with E-state index in [9.17, 15) is 4.39 Å². The Kier molecular flexibility index (Phi) is 4.74. The molecule has 2 rings (SSSR count). The Labute approximate surface area is 120 Å². The molecule has 0 bridgehead atoms. The van der Waals surface area contributed by atoms with E-state index < -0.39 is 0 Å². The lowest BCUT2D eigenvalue weighted by atomic mass is 10.1. The summed E-state index contributed by atoms with van der Waals surface area (Å²) in [5, 5.41) is 0. The van der Waals surface area contributed by atoms with E-state index >= 15 is 0 Å². The minimum absolute atomic E-state index is 0.210. The van der Waals surface area contributed by atoms with E-state index in [0.29, 0.717) is 13.1 Å². The van der Waals surface area contributed by atoms with Crippen molar-refractivity contribution >= 4 is 5.69 Å². The Morgan fingerprint density at radius 2 is 1.85 bits per heavy atom. The van der Waals surface area contributed by atoms with Gasteiger partial charge in [-0.2, -0.15) is 0 Å². The van der Waals surface area contributed by atoms with E-state index in [4.69, 9.17) is 5.73 Å². The Hall–Kier alpha value is -1.87. The molecular formula is C17H21FN2. The number of benzene rings is 2. The lowest BCUT2D eigenvalue weighted by molar-refractivity contribution is 0.623. The average molecular weight is 272 g/mol. The first-order valence-electron chi connectivity index (χ1n) is 6.93. The SMILES string of the molecule is CCN(Cc1cc(F)ccc1CN)c1ccccc1C. The molecule has 0 atom stereocenters. The smallest absolute Gasteiger partial charge is 0.123 e. The third-order valence-corrected chi connectivity index (χ3v) is 3.59. The van der Waals surface area contributed by atoms with Gasteiger partial charge in [-0.05, 0) is 48.7 Å². The van der Waals surface area contributed by atoms with Crippen LogP contribution in [0.1, 0.15) is 23.6 Å². The molecular weight excluding hydrogens is 251 g/mol. The summed E-state index contributed by atoms with van der Waals surface area (Å²) >= 11 is 0. The Morgan fingerprint density at radius 3 is 2.50 bits per heavy atom. The van der Waals surface area contributed by atoms with Gasteiger partial charge in [0.15, 0.2) is 0 Å². The van der Waals surface area contributed by atoms with Gasteiger partial charge in [0.25, 0.3) is 0 Å². The normalized spacial score (nSPS) is 10.6. The van der Waals surface area contributed by atoms with Gasteiger partial charge in [-0.25, -0.2) is 4.39 Å². The molecule has 0 unspecified atom stereocenters. The molecule has 0 saturated heterocycles. The topological polar surface area (TPSA) is 29.3 Å². The van der Waals surface area contributed by atoms with Crippen molar-refractivity contribution in [3.8, 4) is 0 Å². The molecule has 0 saturated carbocycles. The van der Waals surface area contributed by atoms with E-state index in [2.05, 4.69) is 30.9 Å². The Morgan fingerprint density at radius 1 is 1.10 bits per heavy atom. The van der Waals surface area contributed by atoms with Crippen molar-refractivity contribution in [2.24, 2.45) is 5.73 Å². The highest BCUT2D eigenvalue weighted by Gasteiger charge is 2.10. The van der Waals surface area contributed by atoms with Crippen LogP contribution >= 0.6 is 0 Å². The summed E-state index contributed by atoms with van der Waals surface area (Å²) in [6.07, 6.45) is 0. The second kappa shape index (κ2) is 6.53. The third-order valence-electron chi connectivity index (χ3n) is 3.59. The molecule has 0 aliphatic heterocycles. The van der Waals surface area contributed by atoms with E-state index in [1.54, 1.807) is 12.1 Å². The van der Waals surface area contributed by atoms with Gasteiger partial charge in [-0.1, -0.05) is 24.3 Å². The molecule has 0 fully saturated rings. The van der Waals surface area contributed by atoms with Gasteiger partial charge in [0.05, 0.1) is 0 Å². The Balaban J connectivity index is 2.31. The van der Waals surface area contributed by atoms with Gasteiger partial charge < -0.3 is 10.6 Å². The predicted octanol–water partition coefficient (Wildman–Crippen LogP) is 3.62. The molecule has 0 radical (unpaired) electrons. The molecule has 0 aliphatic rings. The van der Waals surface area contributed by atoms with Crippen LogP contribution in [-0.2, 0) is 13.1 Å². The highest BCUT2D eigenvalue weighted by molar-refractivity contribution is 5.53. The summed E-state index contributed by atoms with van der Waals surface area (Å²) in [5.41, 5.74) is 10.1. The van der Waals surface area contributed by atoms with Crippen molar-refractivity contribution in [2.75, 3.05) is 11.4 Å². The number of para-hydroxylation sites is 1. The predicted molar refractivity (Wildman–Crippen MR) is 82.2 cm³/mol. The van der Waals surface area contributed by atoms with E-state index in [1.807, 2.05) is 12.1 Å². The molecule has 0 heterocycles. The van der Waals surface area contributed by atoms with Gasteiger partial charge in [0, 0.05) is 25.3 Å². The maximum atomic E-state index is 13.5. The number of rotatable bonds is 5.